The molecule has 1 fully saturated rings. The first-order valence-corrected chi connectivity index (χ1v) is 6.68. The van der Waals surface area contributed by atoms with Crippen molar-refractivity contribution >= 4 is 35.1 Å². The van der Waals surface area contributed by atoms with Crippen molar-refractivity contribution in [3.8, 4) is 0 Å². The van der Waals surface area contributed by atoms with Crippen LogP contribution in [0.2, 0.25) is 10.2 Å². The zero-order chi connectivity index (χ0) is 15.0. The third kappa shape index (κ3) is 2.51. The molecular weight excluding hydrogens is 307 g/mol. The molecule has 0 radical (unpaired) electrons. The molecule has 0 aliphatic carbocycles. The number of amides is 1. The van der Waals surface area contributed by atoms with E-state index < -0.39 is 17.9 Å². The number of carboxylic acid groups (broad SMARTS) is 1. The van der Waals surface area contributed by atoms with E-state index in [-0.39, 0.29) is 29.3 Å². The molecule has 20 heavy (non-hydrogen) atoms. The van der Waals surface area contributed by atoms with Gasteiger partial charge < -0.3 is 19.3 Å². The van der Waals surface area contributed by atoms with E-state index >= 15 is 0 Å². The molecule has 2 heterocycles. The number of ether oxygens (including phenoxy) is 1. The fourth-order valence-corrected chi connectivity index (χ4v) is 2.62. The Kier molecular flexibility index (Phi) is 4.27. The first-order chi connectivity index (χ1) is 9.34. The monoisotopic (exact) mass is 320 g/mol. The highest BCUT2D eigenvalue weighted by Gasteiger charge is 2.39. The minimum atomic E-state index is -0.977. The average molecular weight is 321 g/mol. The standard InChI is InChI=1S/C12H14Cl2N2O4/c1-15-8(3-7(13)10(15)14)11(17)16(2)9-5-20-4-6(9)12(18)19/h3,6,9H,4-5H2,1-2H3,(H,18,19). The van der Waals surface area contributed by atoms with Crippen LogP contribution in [0, 0.1) is 5.92 Å². The Labute approximate surface area is 125 Å². The number of aliphatic carboxylic acids is 1. The molecule has 8 heteroatoms. The lowest BCUT2D eigenvalue weighted by molar-refractivity contribution is -0.142. The fraction of sp³-hybridized carbons (Fsp3) is 0.500. The van der Waals surface area contributed by atoms with Gasteiger partial charge in [-0.05, 0) is 6.07 Å². The van der Waals surface area contributed by atoms with E-state index in [1.165, 1.54) is 15.5 Å². The molecule has 1 N–H and O–H groups in total. The molecule has 2 rings (SSSR count). The lowest BCUT2D eigenvalue weighted by atomic mass is 10.0. The highest BCUT2D eigenvalue weighted by molar-refractivity contribution is 6.41. The summed E-state index contributed by atoms with van der Waals surface area (Å²) in [4.78, 5) is 24.9. The van der Waals surface area contributed by atoms with Crippen LogP contribution in [0.3, 0.4) is 0 Å². The predicted octanol–water partition coefficient (Wildman–Crippen LogP) is 1.50. The second-order valence-corrected chi connectivity index (χ2v) is 5.46. The van der Waals surface area contributed by atoms with Crippen LogP contribution in [0.5, 0.6) is 0 Å². The van der Waals surface area contributed by atoms with Gasteiger partial charge in [0.2, 0.25) is 0 Å². The van der Waals surface area contributed by atoms with E-state index in [1.54, 1.807) is 14.1 Å². The molecule has 1 aliphatic rings. The minimum Gasteiger partial charge on any atom is -0.481 e. The number of carbonyl (C=O) groups excluding carboxylic acids is 1. The molecule has 110 valence electrons. The maximum atomic E-state index is 12.4. The average Bonchev–Trinajstić information content (AvgIpc) is 2.98. The number of rotatable bonds is 3. The van der Waals surface area contributed by atoms with Gasteiger partial charge in [-0.15, -0.1) is 0 Å². The van der Waals surface area contributed by atoms with Gasteiger partial charge in [-0.3, -0.25) is 9.59 Å². The number of carboxylic acids is 1. The number of carbonyl (C=O) groups is 2. The molecule has 1 aliphatic heterocycles. The quantitative estimate of drug-likeness (QED) is 0.916. The van der Waals surface area contributed by atoms with E-state index in [0.717, 1.165) is 0 Å². The Bertz CT molecular complexity index is 558. The smallest absolute Gasteiger partial charge is 0.311 e. The third-order valence-electron chi connectivity index (χ3n) is 3.52. The number of aromatic nitrogens is 1. The Morgan fingerprint density at radius 3 is 2.60 bits per heavy atom. The normalized spacial score (nSPS) is 22.0. The third-order valence-corrected chi connectivity index (χ3v) is 4.36. The highest BCUT2D eigenvalue weighted by Crippen LogP contribution is 2.27. The first kappa shape index (κ1) is 15.2. The Balaban J connectivity index is 2.24. The van der Waals surface area contributed by atoms with Gasteiger partial charge in [-0.1, -0.05) is 23.2 Å². The molecule has 6 nitrogen and oxygen atoms in total. The lowest BCUT2D eigenvalue weighted by Gasteiger charge is -2.26. The van der Waals surface area contributed by atoms with Crippen LogP contribution in [0.25, 0.3) is 0 Å². The molecule has 2 unspecified atom stereocenters. The van der Waals surface area contributed by atoms with E-state index in [1.807, 2.05) is 0 Å². The zero-order valence-corrected chi connectivity index (χ0v) is 12.5. The molecule has 0 spiro atoms. The number of halogens is 2. The largest absolute Gasteiger partial charge is 0.481 e. The van der Waals surface area contributed by atoms with E-state index in [0.29, 0.717) is 5.69 Å². The van der Waals surface area contributed by atoms with Crippen LogP contribution in [-0.2, 0) is 16.6 Å². The van der Waals surface area contributed by atoms with Crippen molar-refractivity contribution in [3.05, 3.63) is 21.9 Å². The maximum Gasteiger partial charge on any atom is 0.311 e. The summed E-state index contributed by atoms with van der Waals surface area (Å²) in [7, 11) is 3.17. The first-order valence-electron chi connectivity index (χ1n) is 5.93. The van der Waals surface area contributed by atoms with Crippen LogP contribution in [0.15, 0.2) is 6.07 Å². The van der Waals surface area contributed by atoms with E-state index in [2.05, 4.69) is 0 Å². The molecule has 1 amide bonds. The molecular formula is C12H14Cl2N2O4. The number of hydrogen-bond acceptors (Lipinski definition) is 3. The highest BCUT2D eigenvalue weighted by atomic mass is 35.5. The number of hydrogen-bond donors (Lipinski definition) is 1. The maximum absolute atomic E-state index is 12.4. The summed E-state index contributed by atoms with van der Waals surface area (Å²) in [5.41, 5.74) is 0.304. The Hall–Kier alpha value is -1.24. The van der Waals surface area contributed by atoms with Crippen molar-refractivity contribution in [1.29, 1.82) is 0 Å². The number of nitrogens with zero attached hydrogens (tertiary/aromatic N) is 2. The van der Waals surface area contributed by atoms with Gasteiger partial charge in [-0.25, -0.2) is 0 Å². The van der Waals surface area contributed by atoms with Crippen LogP contribution >= 0.6 is 23.2 Å². The van der Waals surface area contributed by atoms with Crippen LogP contribution in [-0.4, -0.2) is 52.8 Å². The van der Waals surface area contributed by atoms with Crippen LogP contribution < -0.4 is 0 Å². The molecule has 0 aromatic carbocycles. The fourth-order valence-electron chi connectivity index (χ4n) is 2.24. The van der Waals surface area contributed by atoms with Crippen molar-refractivity contribution in [2.45, 2.75) is 6.04 Å². The molecule has 0 bridgehead atoms. The van der Waals surface area contributed by atoms with Crippen molar-refractivity contribution in [1.82, 2.24) is 9.47 Å². The summed E-state index contributed by atoms with van der Waals surface area (Å²) in [5.74, 6) is -2.05. The van der Waals surface area contributed by atoms with E-state index in [9.17, 15) is 9.59 Å². The second-order valence-electron chi connectivity index (χ2n) is 4.69. The van der Waals surface area contributed by atoms with Gasteiger partial charge in [0.1, 0.15) is 16.8 Å². The van der Waals surface area contributed by atoms with Crippen LogP contribution in [0.1, 0.15) is 10.5 Å². The Morgan fingerprint density at radius 1 is 1.45 bits per heavy atom. The SMILES string of the molecule is CN(C(=O)c1cc(Cl)c(Cl)n1C)C1COCC1C(=O)O. The van der Waals surface area contributed by atoms with Crippen LogP contribution in [0.4, 0.5) is 0 Å². The summed E-state index contributed by atoms with van der Waals surface area (Å²) in [6.45, 7) is 0.303. The summed E-state index contributed by atoms with van der Waals surface area (Å²) in [6.07, 6.45) is 0. The summed E-state index contributed by atoms with van der Waals surface area (Å²) in [5, 5.41) is 9.67. The van der Waals surface area contributed by atoms with Gasteiger partial charge in [0.05, 0.1) is 24.3 Å². The summed E-state index contributed by atoms with van der Waals surface area (Å²) < 4.78 is 6.63. The Morgan fingerprint density at radius 2 is 2.10 bits per heavy atom. The molecule has 1 aromatic heterocycles. The van der Waals surface area contributed by atoms with Crippen molar-refractivity contribution in [2.24, 2.45) is 13.0 Å². The van der Waals surface area contributed by atoms with Gasteiger partial charge in [0.25, 0.3) is 5.91 Å². The molecule has 0 saturated carbocycles. The molecule has 1 saturated heterocycles. The van der Waals surface area contributed by atoms with Crippen molar-refractivity contribution in [2.75, 3.05) is 20.3 Å². The zero-order valence-electron chi connectivity index (χ0n) is 11.0. The lowest BCUT2D eigenvalue weighted by Crippen LogP contribution is -2.44. The second kappa shape index (κ2) is 5.63. The van der Waals surface area contributed by atoms with E-state index in [4.69, 9.17) is 33.0 Å². The van der Waals surface area contributed by atoms with Crippen molar-refractivity contribution in [3.63, 3.8) is 0 Å². The molecule has 1 aromatic rings. The minimum absolute atomic E-state index is 0.103. The summed E-state index contributed by atoms with van der Waals surface area (Å²) >= 11 is 11.8. The van der Waals surface area contributed by atoms with Gasteiger partial charge in [0, 0.05) is 14.1 Å². The van der Waals surface area contributed by atoms with Gasteiger partial charge >= 0.3 is 5.97 Å². The summed E-state index contributed by atoms with van der Waals surface area (Å²) in [6, 6.07) is 0.960. The predicted molar refractivity (Wildman–Crippen MR) is 73.3 cm³/mol. The topological polar surface area (TPSA) is 71.8 Å². The van der Waals surface area contributed by atoms with Gasteiger partial charge in [-0.2, -0.15) is 0 Å². The number of likely N-dealkylation sites (N-methyl/N-ethyl adjacent to an activating group) is 1. The molecule has 2 atom stereocenters. The van der Waals surface area contributed by atoms with Crippen molar-refractivity contribution < 1.29 is 19.4 Å². The van der Waals surface area contributed by atoms with Gasteiger partial charge in [0.15, 0.2) is 0 Å².